The molecule has 0 aromatic heterocycles. The predicted molar refractivity (Wildman–Crippen MR) is 73.6 cm³/mol. The Hall–Kier alpha value is -1.68. The van der Waals surface area contributed by atoms with E-state index in [1.807, 2.05) is 42.5 Å². The van der Waals surface area contributed by atoms with E-state index in [2.05, 4.69) is 19.1 Å². The van der Waals surface area contributed by atoms with Crippen molar-refractivity contribution in [2.24, 2.45) is 0 Å². The molecule has 2 aliphatic heterocycles. The minimum Gasteiger partial charge on any atom is -0.306 e. The van der Waals surface area contributed by atoms with Crippen molar-refractivity contribution in [3.05, 3.63) is 71.3 Å². The predicted octanol–water partition coefficient (Wildman–Crippen LogP) is 4.02. The molecule has 2 heterocycles. The molecule has 0 N–H and O–H groups in total. The SMILES string of the molecule is CCC1c2ccccc2[C@H]2OO[C@]1(c1ccccc1)O2. The molecule has 0 spiro atoms. The number of fused-ring (bicyclic) bond motifs is 4. The zero-order chi connectivity index (χ0) is 13.6. The average molecular weight is 268 g/mol. The highest BCUT2D eigenvalue weighted by Gasteiger charge is 2.56. The maximum Gasteiger partial charge on any atom is 0.237 e. The van der Waals surface area contributed by atoms with E-state index in [4.69, 9.17) is 14.5 Å². The highest BCUT2D eigenvalue weighted by molar-refractivity contribution is 5.39. The van der Waals surface area contributed by atoms with Crippen LogP contribution < -0.4 is 0 Å². The standard InChI is InChI=1S/C17H16O3/c1-2-15-13-10-6-7-11-14(13)16-18-17(15,20-19-16)12-8-4-3-5-9-12/h3-11,15-16H,2H2,1H3/t15?,16-,17+/m1/s1. The van der Waals surface area contributed by atoms with Gasteiger partial charge >= 0.3 is 0 Å². The van der Waals surface area contributed by atoms with Gasteiger partial charge in [-0.2, -0.15) is 9.78 Å². The number of ether oxygens (including phenoxy) is 1. The summed E-state index contributed by atoms with van der Waals surface area (Å²) < 4.78 is 6.16. The Labute approximate surface area is 118 Å². The van der Waals surface area contributed by atoms with Crippen LogP contribution in [0, 0.1) is 0 Å². The van der Waals surface area contributed by atoms with Crippen molar-refractivity contribution < 1.29 is 14.5 Å². The Morgan fingerprint density at radius 2 is 1.65 bits per heavy atom. The second kappa shape index (κ2) is 4.42. The molecule has 2 bridgehead atoms. The second-order valence-corrected chi connectivity index (χ2v) is 5.25. The maximum atomic E-state index is 6.16. The molecule has 0 radical (unpaired) electrons. The van der Waals surface area contributed by atoms with Crippen LogP contribution in [-0.2, 0) is 20.3 Å². The fourth-order valence-corrected chi connectivity index (χ4v) is 3.29. The number of hydrogen-bond acceptors (Lipinski definition) is 3. The van der Waals surface area contributed by atoms with Gasteiger partial charge in [0, 0.05) is 17.0 Å². The molecule has 4 rings (SSSR count). The van der Waals surface area contributed by atoms with Crippen LogP contribution in [0.2, 0.25) is 0 Å². The van der Waals surface area contributed by atoms with Gasteiger partial charge in [-0.25, -0.2) is 0 Å². The Morgan fingerprint density at radius 1 is 0.950 bits per heavy atom. The Bertz CT molecular complexity index is 625. The van der Waals surface area contributed by atoms with Gasteiger partial charge in [-0.15, -0.1) is 0 Å². The molecule has 3 nitrogen and oxygen atoms in total. The van der Waals surface area contributed by atoms with Gasteiger partial charge in [-0.1, -0.05) is 61.5 Å². The van der Waals surface area contributed by atoms with Crippen LogP contribution in [0.15, 0.2) is 54.6 Å². The van der Waals surface area contributed by atoms with Crippen LogP contribution in [0.1, 0.15) is 42.2 Å². The normalized spacial score (nSPS) is 31.1. The van der Waals surface area contributed by atoms with E-state index in [-0.39, 0.29) is 5.92 Å². The van der Waals surface area contributed by atoms with Gasteiger partial charge in [0.25, 0.3) is 0 Å². The second-order valence-electron chi connectivity index (χ2n) is 5.25. The topological polar surface area (TPSA) is 27.7 Å². The summed E-state index contributed by atoms with van der Waals surface area (Å²) in [6, 6.07) is 18.3. The minimum absolute atomic E-state index is 0.125. The number of hydrogen-bond donors (Lipinski definition) is 0. The zero-order valence-electron chi connectivity index (χ0n) is 11.3. The molecule has 0 saturated carbocycles. The van der Waals surface area contributed by atoms with Crippen LogP contribution in [0.5, 0.6) is 0 Å². The van der Waals surface area contributed by atoms with E-state index in [1.54, 1.807) is 0 Å². The largest absolute Gasteiger partial charge is 0.306 e. The van der Waals surface area contributed by atoms with Crippen molar-refractivity contribution in [1.29, 1.82) is 0 Å². The Morgan fingerprint density at radius 3 is 2.40 bits per heavy atom. The van der Waals surface area contributed by atoms with Crippen molar-refractivity contribution in [1.82, 2.24) is 0 Å². The third kappa shape index (κ3) is 1.51. The molecule has 0 aliphatic carbocycles. The third-order valence-electron chi connectivity index (χ3n) is 4.21. The molecule has 1 saturated heterocycles. The molecule has 2 aromatic rings. The number of benzene rings is 2. The minimum atomic E-state index is -0.824. The zero-order valence-corrected chi connectivity index (χ0v) is 11.3. The molecule has 102 valence electrons. The van der Waals surface area contributed by atoms with Crippen LogP contribution >= 0.6 is 0 Å². The lowest BCUT2D eigenvalue weighted by Crippen LogP contribution is -2.37. The van der Waals surface area contributed by atoms with E-state index in [0.29, 0.717) is 0 Å². The van der Waals surface area contributed by atoms with Crippen LogP contribution in [0.4, 0.5) is 0 Å². The first-order valence-electron chi connectivity index (χ1n) is 7.02. The molecule has 2 aliphatic rings. The van der Waals surface area contributed by atoms with Gasteiger partial charge in [0.05, 0.1) is 0 Å². The average Bonchev–Trinajstić information content (AvgIpc) is 2.91. The van der Waals surface area contributed by atoms with Gasteiger partial charge < -0.3 is 4.74 Å². The van der Waals surface area contributed by atoms with Gasteiger partial charge in [0.1, 0.15) is 0 Å². The van der Waals surface area contributed by atoms with Crippen LogP contribution in [0.3, 0.4) is 0 Å². The van der Waals surface area contributed by atoms with Crippen LogP contribution in [-0.4, -0.2) is 0 Å². The van der Waals surface area contributed by atoms with Crippen molar-refractivity contribution in [2.75, 3.05) is 0 Å². The highest BCUT2D eigenvalue weighted by atomic mass is 17.3. The van der Waals surface area contributed by atoms with Crippen molar-refractivity contribution in [3.63, 3.8) is 0 Å². The third-order valence-corrected chi connectivity index (χ3v) is 4.21. The summed E-state index contributed by atoms with van der Waals surface area (Å²) in [6.07, 6.45) is 0.483. The van der Waals surface area contributed by atoms with E-state index in [1.165, 1.54) is 5.56 Å². The summed E-state index contributed by atoms with van der Waals surface area (Å²) in [7, 11) is 0. The van der Waals surface area contributed by atoms with Crippen LogP contribution in [0.25, 0.3) is 0 Å². The smallest absolute Gasteiger partial charge is 0.237 e. The summed E-state index contributed by atoms with van der Waals surface area (Å²) in [5.41, 5.74) is 3.33. The van der Waals surface area contributed by atoms with E-state index < -0.39 is 12.1 Å². The molecule has 2 aromatic carbocycles. The summed E-state index contributed by atoms with van der Waals surface area (Å²) in [4.78, 5) is 11.2. The molecular weight excluding hydrogens is 252 g/mol. The van der Waals surface area contributed by atoms with Gasteiger partial charge in [-0.3, -0.25) is 0 Å². The van der Waals surface area contributed by atoms with Gasteiger partial charge in [-0.05, 0) is 12.0 Å². The van der Waals surface area contributed by atoms with Crippen molar-refractivity contribution in [3.8, 4) is 0 Å². The Balaban J connectivity index is 1.91. The molecule has 20 heavy (non-hydrogen) atoms. The lowest BCUT2D eigenvalue weighted by atomic mass is 9.80. The molecule has 1 fully saturated rings. The first-order valence-corrected chi connectivity index (χ1v) is 7.02. The summed E-state index contributed by atoms with van der Waals surface area (Å²) in [5, 5.41) is 0. The molecule has 0 amide bonds. The van der Waals surface area contributed by atoms with Gasteiger partial charge in [0.2, 0.25) is 12.1 Å². The molecular formula is C17H16O3. The van der Waals surface area contributed by atoms with Gasteiger partial charge in [0.15, 0.2) is 0 Å². The first-order chi connectivity index (χ1) is 9.85. The fraction of sp³-hybridized carbons (Fsp3) is 0.294. The van der Waals surface area contributed by atoms with E-state index >= 15 is 0 Å². The maximum absolute atomic E-state index is 6.16. The van der Waals surface area contributed by atoms with E-state index in [0.717, 1.165) is 17.5 Å². The number of rotatable bonds is 2. The van der Waals surface area contributed by atoms with Crippen molar-refractivity contribution in [2.45, 2.75) is 31.3 Å². The molecule has 1 unspecified atom stereocenters. The Kier molecular flexibility index (Phi) is 2.67. The quantitative estimate of drug-likeness (QED) is 0.770. The summed E-state index contributed by atoms with van der Waals surface area (Å²) >= 11 is 0. The lowest BCUT2D eigenvalue weighted by molar-refractivity contribution is -0.341. The van der Waals surface area contributed by atoms with E-state index in [9.17, 15) is 0 Å². The van der Waals surface area contributed by atoms with Crippen molar-refractivity contribution >= 4 is 0 Å². The highest BCUT2D eigenvalue weighted by Crippen LogP contribution is 2.56. The monoisotopic (exact) mass is 268 g/mol. The first kappa shape index (κ1) is 12.1. The summed E-state index contributed by atoms with van der Waals surface area (Å²) in [5.74, 6) is -0.700. The molecule has 3 atom stereocenters. The fourth-order valence-electron chi connectivity index (χ4n) is 3.29. The lowest BCUT2D eigenvalue weighted by Gasteiger charge is -2.37. The molecule has 3 heteroatoms. The summed E-state index contributed by atoms with van der Waals surface area (Å²) in [6.45, 7) is 2.15.